The van der Waals surface area contributed by atoms with Crippen LogP contribution < -0.4 is 5.73 Å². The number of imidazole rings is 1. The summed E-state index contributed by atoms with van der Waals surface area (Å²) in [5, 5.41) is -0.188. The molecule has 2 aromatic heterocycles. The van der Waals surface area contributed by atoms with Gasteiger partial charge in [0.25, 0.3) is 6.79 Å². The molecule has 0 aliphatic heterocycles. The fourth-order valence-electron chi connectivity index (χ4n) is 2.42. The molecule has 0 saturated carbocycles. The van der Waals surface area contributed by atoms with Crippen molar-refractivity contribution in [2.75, 3.05) is 25.7 Å². The number of anilines is 1. The molecule has 2 heterocycles. The lowest BCUT2D eigenvalue weighted by Crippen LogP contribution is -2.20. The van der Waals surface area contributed by atoms with Crippen molar-refractivity contribution >= 4 is 30.7 Å². The van der Waals surface area contributed by atoms with Gasteiger partial charge in [0.1, 0.15) is 23.1 Å². The second kappa shape index (κ2) is 13.1. The van der Waals surface area contributed by atoms with Gasteiger partial charge in [-0.3, -0.25) is 13.6 Å². The van der Waals surface area contributed by atoms with Crippen LogP contribution in [-0.2, 0) is 44.0 Å². The smallest absolute Gasteiger partial charge is 0.432 e. The molecule has 196 valence electrons. The highest BCUT2D eigenvalue weighted by Gasteiger charge is 2.30. The van der Waals surface area contributed by atoms with Crippen molar-refractivity contribution in [2.45, 2.75) is 59.5 Å². The lowest BCUT2D eigenvalue weighted by molar-refractivity contribution is -0.989. The van der Waals surface area contributed by atoms with Crippen LogP contribution in [0, 0.1) is 4.91 Å². The molecule has 0 aromatic carbocycles. The highest BCUT2D eigenvalue weighted by molar-refractivity contribution is 7.53. The van der Waals surface area contributed by atoms with Gasteiger partial charge in [-0.1, -0.05) is 0 Å². The van der Waals surface area contributed by atoms with Gasteiger partial charge in [-0.25, -0.2) is 19.7 Å². The van der Waals surface area contributed by atoms with Crippen LogP contribution in [0.1, 0.15) is 34.6 Å². The number of rotatable bonds is 15. The molecular weight excluding hydrogens is 491 g/mol. The van der Waals surface area contributed by atoms with E-state index in [1.807, 2.05) is 0 Å². The predicted molar refractivity (Wildman–Crippen MR) is 118 cm³/mol. The summed E-state index contributed by atoms with van der Waals surface area (Å²) in [4.78, 5) is 44.5. The van der Waals surface area contributed by atoms with Crippen LogP contribution in [0.15, 0.2) is 12.7 Å². The zero-order valence-corrected chi connectivity index (χ0v) is 21.0. The number of nitrogens with two attached hydrogens (primary N) is 1. The van der Waals surface area contributed by atoms with E-state index in [0.29, 0.717) is 11.2 Å². The summed E-state index contributed by atoms with van der Waals surface area (Å²) < 4.78 is 40.1. The molecular formula is C18H30N6O10P+. The maximum atomic E-state index is 13.1. The quantitative estimate of drug-likeness (QED) is 0.156. The van der Waals surface area contributed by atoms with E-state index in [9.17, 15) is 14.3 Å². The maximum absolute atomic E-state index is 13.1. The molecule has 16 nitrogen and oxygen atoms in total. The molecule has 2 aromatic rings. The Bertz CT molecular complexity index is 1000. The number of nitrogen functional groups attached to an aromatic ring is 1. The van der Waals surface area contributed by atoms with Crippen molar-refractivity contribution in [3.05, 3.63) is 17.6 Å². The minimum Gasteiger partial charge on any atom is -0.432 e. The molecule has 0 amide bonds. The summed E-state index contributed by atoms with van der Waals surface area (Å²) in [6.45, 7) is 6.88. The monoisotopic (exact) mass is 521 g/mol. The second-order valence-corrected chi connectivity index (χ2v) is 9.60. The molecule has 2 atom stereocenters. The van der Waals surface area contributed by atoms with Crippen LogP contribution >= 0.6 is 7.60 Å². The molecule has 0 saturated heterocycles. The third-order valence-corrected chi connectivity index (χ3v) is 5.33. The average molecular weight is 521 g/mol. The summed E-state index contributed by atoms with van der Waals surface area (Å²) in [7, 11) is -4.07. The average Bonchev–Trinajstić information content (AvgIpc) is 3.15. The Hall–Kier alpha value is -3.07. The fourth-order valence-corrected chi connectivity index (χ4v) is 3.50. The van der Waals surface area contributed by atoms with Crippen LogP contribution in [0.25, 0.3) is 11.2 Å². The summed E-state index contributed by atoms with van der Waals surface area (Å²) in [6, 6.07) is 0. The third kappa shape index (κ3) is 9.60. The summed E-state index contributed by atoms with van der Waals surface area (Å²) in [6.07, 6.45) is -0.176. The zero-order valence-electron chi connectivity index (χ0n) is 20.1. The van der Waals surface area contributed by atoms with Gasteiger partial charge in [0.05, 0.1) is 25.1 Å². The Kier molecular flexibility index (Phi) is 10.6. The van der Waals surface area contributed by atoms with E-state index in [2.05, 4.69) is 19.8 Å². The minimum atomic E-state index is -4.07. The van der Waals surface area contributed by atoms with Crippen molar-refractivity contribution in [1.82, 2.24) is 19.5 Å². The van der Waals surface area contributed by atoms with Crippen molar-refractivity contribution < 1.29 is 47.4 Å². The summed E-state index contributed by atoms with van der Waals surface area (Å²) in [5.74, 6) is 0.235. The van der Waals surface area contributed by atoms with Gasteiger partial charge < -0.3 is 24.5 Å². The number of nitrogens with zero attached hydrogens (tertiary/aromatic N) is 5. The van der Waals surface area contributed by atoms with Crippen molar-refractivity contribution in [3.8, 4) is 0 Å². The maximum Gasteiger partial charge on any atom is 0.510 e. The number of hydrogen-bond acceptors (Lipinski definition) is 14. The SMILES string of the molecule is CC(C)OC(=O)OCOP(=O)(COC(C)Cn1cnc2c(N)ncnc21)OCO[N+](=O)OC(C)C. The largest absolute Gasteiger partial charge is 0.510 e. The molecule has 2 N–H and O–H groups in total. The van der Waals surface area contributed by atoms with E-state index in [1.165, 1.54) is 12.7 Å². The lowest BCUT2D eigenvalue weighted by atomic mass is 10.4. The van der Waals surface area contributed by atoms with E-state index in [4.69, 9.17) is 33.8 Å². The molecule has 2 unspecified atom stereocenters. The lowest BCUT2D eigenvalue weighted by Gasteiger charge is -2.20. The first-order valence-electron chi connectivity index (χ1n) is 10.5. The van der Waals surface area contributed by atoms with Crippen LogP contribution in [0.5, 0.6) is 0 Å². The molecule has 2 rings (SSSR count). The number of fused-ring (bicyclic) bond motifs is 1. The van der Waals surface area contributed by atoms with E-state index in [-0.39, 0.29) is 17.4 Å². The highest BCUT2D eigenvalue weighted by Crippen LogP contribution is 2.48. The minimum absolute atomic E-state index is 0.188. The fraction of sp³-hybridized carbons (Fsp3) is 0.667. The standard InChI is InChI=1S/C18H30N6O10P/c1-12(2)33-18(25)28-9-31-35(27,32-10-30-24(26)34-13(3)4)11-29-14(5)6-23-8-22-15-16(19)20-7-21-17(15)23/h7-8,12-14H,6,9-11H2,1-5H3,(H2,19,20,21)/q+1. The number of carbonyl (C=O) groups excluding carboxylic acids is 1. The molecule has 17 heteroatoms. The topological polar surface area (TPSA) is 188 Å². The van der Waals surface area contributed by atoms with E-state index >= 15 is 0 Å². The normalized spacial score (nSPS) is 14.0. The Morgan fingerprint density at radius 1 is 1.11 bits per heavy atom. The molecule has 0 fully saturated rings. The van der Waals surface area contributed by atoms with E-state index < -0.39 is 52.0 Å². The predicted octanol–water partition coefficient (Wildman–Crippen LogP) is 2.52. The molecule has 0 aliphatic carbocycles. The van der Waals surface area contributed by atoms with Gasteiger partial charge in [-0.2, -0.15) is 9.68 Å². The molecule has 0 spiro atoms. The van der Waals surface area contributed by atoms with Crippen molar-refractivity contribution in [2.24, 2.45) is 0 Å². The van der Waals surface area contributed by atoms with Crippen LogP contribution in [0.3, 0.4) is 0 Å². The van der Waals surface area contributed by atoms with Gasteiger partial charge in [0.2, 0.25) is 6.79 Å². The first kappa shape index (κ1) is 28.2. The Balaban J connectivity index is 1.95. The van der Waals surface area contributed by atoms with Gasteiger partial charge >= 0.3 is 18.8 Å². The Morgan fingerprint density at radius 2 is 1.83 bits per heavy atom. The third-order valence-electron chi connectivity index (χ3n) is 3.86. The molecule has 0 bridgehead atoms. The number of carbonyl (C=O) groups is 1. The summed E-state index contributed by atoms with van der Waals surface area (Å²) in [5.41, 5.74) is 6.72. The Morgan fingerprint density at radius 3 is 2.51 bits per heavy atom. The molecule has 0 radical (unpaired) electrons. The van der Waals surface area contributed by atoms with Gasteiger partial charge in [-0.05, 0) is 34.6 Å². The van der Waals surface area contributed by atoms with Crippen molar-refractivity contribution in [3.63, 3.8) is 0 Å². The number of aromatic nitrogens is 4. The first-order valence-corrected chi connectivity index (χ1v) is 12.2. The molecule has 0 aliphatic rings. The van der Waals surface area contributed by atoms with Crippen LogP contribution in [0.2, 0.25) is 0 Å². The van der Waals surface area contributed by atoms with Gasteiger partial charge in [0, 0.05) is 0 Å². The summed E-state index contributed by atoms with van der Waals surface area (Å²) >= 11 is 0. The highest BCUT2D eigenvalue weighted by atomic mass is 31.2. The number of ether oxygens (including phenoxy) is 3. The van der Waals surface area contributed by atoms with Crippen molar-refractivity contribution in [1.29, 1.82) is 0 Å². The van der Waals surface area contributed by atoms with Gasteiger partial charge in [0.15, 0.2) is 17.6 Å². The van der Waals surface area contributed by atoms with E-state index in [0.717, 1.165) is 0 Å². The zero-order chi connectivity index (χ0) is 26.0. The van der Waals surface area contributed by atoms with Crippen LogP contribution in [-0.4, -0.2) is 69.0 Å². The first-order chi connectivity index (χ1) is 16.5. The van der Waals surface area contributed by atoms with Gasteiger partial charge in [-0.15, -0.1) is 0 Å². The molecule has 35 heavy (non-hydrogen) atoms. The second-order valence-electron chi connectivity index (χ2n) is 7.61. The number of hydrogen-bond donors (Lipinski definition) is 1. The van der Waals surface area contributed by atoms with Crippen LogP contribution in [0.4, 0.5) is 10.6 Å². The van der Waals surface area contributed by atoms with E-state index in [1.54, 1.807) is 39.2 Å². The Labute approximate surface area is 201 Å².